The molecule has 0 aliphatic heterocycles. The van der Waals surface area contributed by atoms with Crippen molar-refractivity contribution in [3.8, 4) is 0 Å². The van der Waals surface area contributed by atoms with E-state index in [1.165, 1.54) is 103 Å². The summed E-state index contributed by atoms with van der Waals surface area (Å²) < 4.78 is 5.00. The fourth-order valence-corrected chi connectivity index (χ4v) is 3.72. The van der Waals surface area contributed by atoms with E-state index in [2.05, 4.69) is 31.7 Å². The Labute approximate surface area is 188 Å². The van der Waals surface area contributed by atoms with Crippen LogP contribution in [0.2, 0.25) is 0 Å². The first-order valence-corrected chi connectivity index (χ1v) is 13.4. The van der Waals surface area contributed by atoms with Gasteiger partial charge < -0.3 is 4.74 Å². The van der Waals surface area contributed by atoms with Crippen LogP contribution in [0.4, 0.5) is 0 Å². The van der Waals surface area contributed by atoms with Crippen molar-refractivity contribution < 1.29 is 9.53 Å². The topological polar surface area (TPSA) is 26.3 Å². The molecule has 0 saturated heterocycles. The van der Waals surface area contributed by atoms with Crippen LogP contribution in [-0.4, -0.2) is 18.3 Å². The highest BCUT2D eigenvalue weighted by molar-refractivity contribution is 7.80. The third-order valence-corrected chi connectivity index (χ3v) is 5.68. The zero-order valence-electron chi connectivity index (χ0n) is 19.5. The molecule has 0 saturated carbocycles. The van der Waals surface area contributed by atoms with Gasteiger partial charge >= 0.3 is 5.97 Å². The van der Waals surface area contributed by atoms with E-state index < -0.39 is 0 Å². The molecule has 0 unspecified atom stereocenters. The zero-order chi connectivity index (χ0) is 21.3. The predicted molar refractivity (Wildman–Crippen MR) is 132 cm³/mol. The molecule has 0 aliphatic rings. The number of rotatable bonds is 23. The molecule has 0 atom stereocenters. The van der Waals surface area contributed by atoms with Gasteiger partial charge in [-0.3, -0.25) is 4.79 Å². The minimum atomic E-state index is -0.0826. The summed E-state index contributed by atoms with van der Waals surface area (Å²) >= 11 is 4.03. The van der Waals surface area contributed by atoms with Crippen LogP contribution in [0.1, 0.15) is 135 Å². The summed E-state index contributed by atoms with van der Waals surface area (Å²) in [7, 11) is 0. The monoisotopic (exact) mass is 426 g/mol. The van der Waals surface area contributed by atoms with Crippen LogP contribution in [0.5, 0.6) is 0 Å². The number of ether oxygens (including phenoxy) is 1. The minimum absolute atomic E-state index is 0.0826. The summed E-state index contributed by atoms with van der Waals surface area (Å²) in [6.07, 6.45) is 30.8. The fraction of sp³-hybridized carbons (Fsp3) is 0.885. The van der Waals surface area contributed by atoms with Crippen LogP contribution in [0.15, 0.2) is 12.2 Å². The largest absolute Gasteiger partial charge is 0.465 e. The molecule has 0 rings (SSSR count). The molecule has 0 spiro atoms. The molecule has 29 heavy (non-hydrogen) atoms. The van der Waals surface area contributed by atoms with Crippen LogP contribution in [-0.2, 0) is 9.53 Å². The number of thiol groups is 1. The summed E-state index contributed by atoms with van der Waals surface area (Å²) in [5.41, 5.74) is 0. The van der Waals surface area contributed by atoms with Crippen molar-refractivity contribution in [2.24, 2.45) is 0 Å². The molecule has 0 N–H and O–H groups in total. The second kappa shape index (κ2) is 25.6. The Bertz CT molecular complexity index is 355. The Balaban J connectivity index is 3.12. The number of allylic oxidation sites excluding steroid dienone is 2. The number of unbranched alkanes of at least 4 members (excludes halogenated alkanes) is 17. The van der Waals surface area contributed by atoms with E-state index in [1.807, 2.05) is 0 Å². The van der Waals surface area contributed by atoms with Crippen molar-refractivity contribution in [2.45, 2.75) is 135 Å². The third kappa shape index (κ3) is 25.5. The molecule has 0 amide bonds. The van der Waals surface area contributed by atoms with E-state index in [4.69, 9.17) is 4.74 Å². The molecule has 0 radical (unpaired) electrons. The minimum Gasteiger partial charge on any atom is -0.465 e. The van der Waals surface area contributed by atoms with Crippen LogP contribution < -0.4 is 0 Å². The molecule has 172 valence electrons. The van der Waals surface area contributed by atoms with Crippen LogP contribution in [0.25, 0.3) is 0 Å². The maximum atomic E-state index is 11.3. The van der Waals surface area contributed by atoms with Gasteiger partial charge in [-0.05, 0) is 32.1 Å². The van der Waals surface area contributed by atoms with Gasteiger partial charge in [-0.15, -0.1) is 0 Å². The maximum absolute atomic E-state index is 11.3. The van der Waals surface area contributed by atoms with Gasteiger partial charge in [0.2, 0.25) is 0 Å². The Morgan fingerprint density at radius 3 is 1.52 bits per heavy atom. The van der Waals surface area contributed by atoms with Gasteiger partial charge in [0, 0.05) is 12.2 Å². The van der Waals surface area contributed by atoms with E-state index in [0.717, 1.165) is 19.3 Å². The fourth-order valence-electron chi connectivity index (χ4n) is 3.63. The number of esters is 1. The van der Waals surface area contributed by atoms with Gasteiger partial charge in [0.05, 0.1) is 0 Å². The molecule has 0 aromatic rings. The van der Waals surface area contributed by atoms with Crippen LogP contribution >= 0.6 is 12.6 Å². The van der Waals surface area contributed by atoms with Gasteiger partial charge in [0.25, 0.3) is 0 Å². The highest BCUT2D eigenvalue weighted by atomic mass is 32.1. The Morgan fingerprint density at radius 2 is 1.07 bits per heavy atom. The van der Waals surface area contributed by atoms with Gasteiger partial charge in [0.1, 0.15) is 6.61 Å². The van der Waals surface area contributed by atoms with Crippen molar-refractivity contribution in [3.63, 3.8) is 0 Å². The zero-order valence-corrected chi connectivity index (χ0v) is 20.4. The molecule has 2 nitrogen and oxygen atoms in total. The van der Waals surface area contributed by atoms with Crippen molar-refractivity contribution in [1.29, 1.82) is 0 Å². The average Bonchev–Trinajstić information content (AvgIpc) is 2.73. The highest BCUT2D eigenvalue weighted by Gasteiger charge is 2.00. The summed E-state index contributed by atoms with van der Waals surface area (Å²) in [6, 6.07) is 0. The average molecular weight is 427 g/mol. The quantitative estimate of drug-likeness (QED) is 0.0764. The van der Waals surface area contributed by atoms with Crippen LogP contribution in [0.3, 0.4) is 0 Å². The number of carbonyl (C=O) groups is 1. The molecule has 0 fully saturated rings. The van der Waals surface area contributed by atoms with E-state index in [-0.39, 0.29) is 5.97 Å². The third-order valence-electron chi connectivity index (χ3n) is 5.50. The van der Waals surface area contributed by atoms with Gasteiger partial charge in [-0.25, -0.2) is 0 Å². The Morgan fingerprint density at radius 1 is 0.655 bits per heavy atom. The lowest BCUT2D eigenvalue weighted by molar-refractivity contribution is -0.143. The maximum Gasteiger partial charge on any atom is 0.305 e. The molecule has 0 bridgehead atoms. The normalized spacial score (nSPS) is 11.4. The lowest BCUT2D eigenvalue weighted by atomic mass is 10.0. The summed E-state index contributed by atoms with van der Waals surface area (Å²) in [4.78, 5) is 11.3. The van der Waals surface area contributed by atoms with E-state index in [0.29, 0.717) is 18.8 Å². The first-order valence-electron chi connectivity index (χ1n) is 12.7. The summed E-state index contributed by atoms with van der Waals surface area (Å²) in [5, 5.41) is 0. The molecular weight excluding hydrogens is 376 g/mol. The molecule has 0 heterocycles. The van der Waals surface area contributed by atoms with Crippen molar-refractivity contribution in [1.82, 2.24) is 0 Å². The second-order valence-electron chi connectivity index (χ2n) is 8.40. The Hall–Kier alpha value is -0.440. The van der Waals surface area contributed by atoms with Crippen LogP contribution in [0, 0.1) is 0 Å². The number of carbonyl (C=O) groups excluding carboxylic acids is 1. The smallest absolute Gasteiger partial charge is 0.305 e. The lowest BCUT2D eigenvalue weighted by Gasteiger charge is -2.03. The molecule has 0 aromatic carbocycles. The number of hydrogen-bond donors (Lipinski definition) is 1. The Kier molecular flexibility index (Phi) is 25.2. The molecule has 0 aliphatic carbocycles. The van der Waals surface area contributed by atoms with Gasteiger partial charge in [0.15, 0.2) is 0 Å². The summed E-state index contributed by atoms with van der Waals surface area (Å²) in [5.74, 6) is 0.522. The van der Waals surface area contributed by atoms with Crippen molar-refractivity contribution in [2.75, 3.05) is 12.4 Å². The SMILES string of the molecule is CCCCCCCCCCCCCCCCC/C=C/CCCCC(=O)OCCS. The molecule has 3 heteroatoms. The highest BCUT2D eigenvalue weighted by Crippen LogP contribution is 2.14. The van der Waals surface area contributed by atoms with Crippen molar-refractivity contribution >= 4 is 18.6 Å². The summed E-state index contributed by atoms with van der Waals surface area (Å²) in [6.45, 7) is 2.72. The van der Waals surface area contributed by atoms with Gasteiger partial charge in [-0.1, -0.05) is 109 Å². The van der Waals surface area contributed by atoms with Crippen molar-refractivity contribution in [3.05, 3.63) is 12.2 Å². The number of hydrogen-bond acceptors (Lipinski definition) is 3. The standard InChI is InChI=1S/C26H50O2S/c1-2-3-4-5-6-7-8-9-10-11-12-13-14-15-16-17-18-19-20-21-22-23-26(27)28-24-25-29/h18-19,29H,2-17,20-25H2,1H3/b19-18+. The van der Waals surface area contributed by atoms with E-state index >= 15 is 0 Å². The van der Waals surface area contributed by atoms with E-state index in [9.17, 15) is 4.79 Å². The van der Waals surface area contributed by atoms with E-state index in [1.54, 1.807) is 0 Å². The predicted octanol–water partition coefficient (Wildman–Crippen LogP) is 8.84. The first-order chi connectivity index (χ1) is 14.3. The first kappa shape index (κ1) is 28.6. The lowest BCUT2D eigenvalue weighted by Crippen LogP contribution is -2.06. The molecule has 0 aromatic heterocycles. The van der Waals surface area contributed by atoms with Gasteiger partial charge in [-0.2, -0.15) is 12.6 Å². The second-order valence-corrected chi connectivity index (χ2v) is 8.85. The molecular formula is C26H50O2S.